The summed E-state index contributed by atoms with van der Waals surface area (Å²) in [6.07, 6.45) is 2.99. The number of carbonyl (C=O) groups excluding carboxylic acids is 2. The molecule has 1 atom stereocenters. The maximum atomic E-state index is 10.5. The van der Waals surface area contributed by atoms with Gasteiger partial charge in [0.2, 0.25) is 12.2 Å². The van der Waals surface area contributed by atoms with Gasteiger partial charge in [0.15, 0.2) is 0 Å². The van der Waals surface area contributed by atoms with Gasteiger partial charge in [0.05, 0.1) is 0 Å². The molecular weight excluding hydrogens is 276 g/mol. The molecule has 1 aromatic rings. The van der Waals surface area contributed by atoms with Crippen molar-refractivity contribution in [2.45, 2.75) is 31.4 Å². The van der Waals surface area contributed by atoms with E-state index in [0.29, 0.717) is 6.42 Å². The van der Waals surface area contributed by atoms with Crippen LogP contribution in [-0.4, -0.2) is 39.1 Å². The molecule has 0 aliphatic carbocycles. The Labute approximate surface area is 121 Å². The predicted molar refractivity (Wildman–Crippen MR) is 72.3 cm³/mol. The average Bonchev–Trinajstić information content (AvgIpc) is 2.44. The fraction of sp³-hybridized carbons (Fsp3) is 0.429. The van der Waals surface area contributed by atoms with Crippen LogP contribution in [0.1, 0.15) is 18.9 Å². The van der Waals surface area contributed by atoms with Gasteiger partial charge in [-0.15, -0.1) is 0 Å². The molecule has 0 saturated heterocycles. The molecule has 7 nitrogen and oxygen atoms in total. The third-order valence-electron chi connectivity index (χ3n) is 3.32. The van der Waals surface area contributed by atoms with Gasteiger partial charge in [-0.1, -0.05) is 37.3 Å². The number of hydrogen-bond donors (Lipinski definition) is 3. The summed E-state index contributed by atoms with van der Waals surface area (Å²) < 4.78 is 0. The fourth-order valence-corrected chi connectivity index (χ4v) is 2.09. The largest absolute Gasteiger partial charge is 0.340 e. The number of benzene rings is 1. The summed E-state index contributed by atoms with van der Waals surface area (Å²) in [6, 6.07) is 9.27. The van der Waals surface area contributed by atoms with E-state index in [-0.39, 0.29) is 6.42 Å². The first-order valence-electron chi connectivity index (χ1n) is 6.26. The van der Waals surface area contributed by atoms with Crippen LogP contribution in [0.4, 0.5) is 0 Å². The SMILES string of the molecule is CC(CCc1ccccc1)C(N=C=O)(N=C=O)C(O)(O)O. The van der Waals surface area contributed by atoms with E-state index >= 15 is 0 Å². The van der Waals surface area contributed by atoms with Crippen LogP contribution in [0.3, 0.4) is 0 Å². The zero-order chi connectivity index (χ0) is 15.9. The number of aryl methyl sites for hydroxylation is 1. The average molecular weight is 292 g/mol. The van der Waals surface area contributed by atoms with Crippen LogP contribution in [0, 0.1) is 5.92 Å². The van der Waals surface area contributed by atoms with Gasteiger partial charge >= 0.3 is 5.97 Å². The smallest absolute Gasteiger partial charge is 0.325 e. The minimum Gasteiger partial charge on any atom is -0.340 e. The van der Waals surface area contributed by atoms with Gasteiger partial charge < -0.3 is 15.3 Å². The Kier molecular flexibility index (Phi) is 5.67. The molecule has 3 N–H and O–H groups in total. The molecule has 0 aliphatic heterocycles. The van der Waals surface area contributed by atoms with Gasteiger partial charge in [-0.3, -0.25) is 0 Å². The van der Waals surface area contributed by atoms with E-state index in [1.165, 1.54) is 6.92 Å². The Bertz CT molecular complexity index is 536. The maximum absolute atomic E-state index is 10.5. The molecule has 0 aromatic heterocycles. The van der Waals surface area contributed by atoms with Crippen molar-refractivity contribution >= 4 is 12.2 Å². The standard InChI is InChI=1S/C14H16N2O5/c1-11(7-8-12-5-3-2-4-6-12)13(15-9-17,16-10-18)14(19,20)21/h2-6,11,19-21H,7-8H2,1H3. The lowest BCUT2D eigenvalue weighted by molar-refractivity contribution is -0.353. The van der Waals surface area contributed by atoms with E-state index < -0.39 is 17.6 Å². The molecule has 0 spiro atoms. The summed E-state index contributed by atoms with van der Waals surface area (Å²) in [5, 5.41) is 28.3. The van der Waals surface area contributed by atoms with Crippen LogP contribution >= 0.6 is 0 Å². The molecule has 0 aliphatic rings. The number of aliphatic imine (C=N–C) groups is 2. The van der Waals surface area contributed by atoms with Crippen molar-refractivity contribution in [1.29, 1.82) is 0 Å². The van der Waals surface area contributed by atoms with Crippen LogP contribution in [0.25, 0.3) is 0 Å². The summed E-state index contributed by atoms with van der Waals surface area (Å²) >= 11 is 0. The van der Waals surface area contributed by atoms with E-state index in [1.807, 2.05) is 30.3 Å². The molecule has 0 amide bonds. The molecule has 1 rings (SSSR count). The first-order chi connectivity index (χ1) is 9.87. The predicted octanol–water partition coefficient (Wildman–Crippen LogP) is 0.254. The molecule has 0 bridgehead atoms. The lowest BCUT2D eigenvalue weighted by atomic mass is 9.87. The third-order valence-corrected chi connectivity index (χ3v) is 3.32. The van der Waals surface area contributed by atoms with Gasteiger partial charge in [0.25, 0.3) is 5.66 Å². The summed E-state index contributed by atoms with van der Waals surface area (Å²) in [4.78, 5) is 27.3. The molecular formula is C14H16N2O5. The fourth-order valence-electron chi connectivity index (χ4n) is 2.09. The highest BCUT2D eigenvalue weighted by Crippen LogP contribution is 2.34. The number of hydrogen-bond acceptors (Lipinski definition) is 7. The van der Waals surface area contributed by atoms with E-state index in [0.717, 1.165) is 17.7 Å². The van der Waals surface area contributed by atoms with Crippen molar-refractivity contribution in [3.8, 4) is 0 Å². The van der Waals surface area contributed by atoms with Crippen molar-refractivity contribution in [3.05, 3.63) is 35.9 Å². The molecule has 0 saturated carbocycles. The summed E-state index contributed by atoms with van der Waals surface area (Å²) in [5.41, 5.74) is -1.49. The highest BCUT2D eigenvalue weighted by molar-refractivity contribution is 5.40. The van der Waals surface area contributed by atoms with Crippen molar-refractivity contribution < 1.29 is 24.9 Å². The summed E-state index contributed by atoms with van der Waals surface area (Å²) in [5.74, 6) is -4.31. The van der Waals surface area contributed by atoms with E-state index in [2.05, 4.69) is 9.98 Å². The normalized spacial score (nSPS) is 15.2. The highest BCUT2D eigenvalue weighted by Gasteiger charge is 2.54. The Morgan fingerprint density at radius 3 is 2.05 bits per heavy atom. The highest BCUT2D eigenvalue weighted by atomic mass is 16.7. The molecule has 21 heavy (non-hydrogen) atoms. The van der Waals surface area contributed by atoms with E-state index in [9.17, 15) is 24.9 Å². The number of nitrogens with zero attached hydrogens (tertiary/aromatic N) is 2. The van der Waals surface area contributed by atoms with Gasteiger partial charge in [0, 0.05) is 5.92 Å². The summed E-state index contributed by atoms with van der Waals surface area (Å²) in [7, 11) is 0. The zero-order valence-electron chi connectivity index (χ0n) is 11.4. The second-order valence-corrected chi connectivity index (χ2v) is 4.69. The number of rotatable bonds is 7. The van der Waals surface area contributed by atoms with Crippen LogP contribution in [0.2, 0.25) is 0 Å². The van der Waals surface area contributed by atoms with Crippen molar-refractivity contribution in [1.82, 2.24) is 0 Å². The van der Waals surface area contributed by atoms with E-state index in [4.69, 9.17) is 0 Å². The third kappa shape index (κ3) is 3.92. The molecule has 0 heterocycles. The first-order valence-corrected chi connectivity index (χ1v) is 6.26. The maximum Gasteiger partial charge on any atom is 0.325 e. The second kappa shape index (κ2) is 7.04. The van der Waals surface area contributed by atoms with Crippen LogP contribution < -0.4 is 0 Å². The van der Waals surface area contributed by atoms with Crippen LogP contribution in [0.5, 0.6) is 0 Å². The first kappa shape index (κ1) is 16.9. The van der Waals surface area contributed by atoms with Gasteiger partial charge in [-0.05, 0) is 18.4 Å². The quantitative estimate of drug-likeness (QED) is 0.378. The van der Waals surface area contributed by atoms with E-state index in [1.54, 1.807) is 0 Å². The molecule has 112 valence electrons. The Morgan fingerprint density at radius 2 is 1.62 bits per heavy atom. The Morgan fingerprint density at radius 1 is 1.10 bits per heavy atom. The molecule has 0 radical (unpaired) electrons. The molecule has 1 unspecified atom stereocenters. The van der Waals surface area contributed by atoms with Crippen molar-refractivity contribution in [3.63, 3.8) is 0 Å². The lowest BCUT2D eigenvalue weighted by Crippen LogP contribution is -2.55. The lowest BCUT2D eigenvalue weighted by Gasteiger charge is -2.35. The summed E-state index contributed by atoms with van der Waals surface area (Å²) in [6.45, 7) is 1.47. The number of isocyanates is 2. The Balaban J connectivity index is 3.03. The topological polar surface area (TPSA) is 120 Å². The second-order valence-electron chi connectivity index (χ2n) is 4.69. The van der Waals surface area contributed by atoms with Gasteiger partial charge in [-0.25, -0.2) is 9.59 Å². The monoisotopic (exact) mass is 292 g/mol. The van der Waals surface area contributed by atoms with Crippen LogP contribution in [-0.2, 0) is 16.0 Å². The minimum absolute atomic E-state index is 0.282. The molecule has 7 heteroatoms. The van der Waals surface area contributed by atoms with Gasteiger partial charge in [-0.2, -0.15) is 9.98 Å². The molecule has 1 aromatic carbocycles. The Hall–Kier alpha value is -2.14. The van der Waals surface area contributed by atoms with Crippen molar-refractivity contribution in [2.75, 3.05) is 0 Å². The zero-order valence-corrected chi connectivity index (χ0v) is 11.4. The van der Waals surface area contributed by atoms with Crippen molar-refractivity contribution in [2.24, 2.45) is 15.9 Å². The van der Waals surface area contributed by atoms with Gasteiger partial charge in [0.1, 0.15) is 0 Å². The molecule has 0 fully saturated rings. The number of aliphatic hydroxyl groups is 3. The minimum atomic E-state index is -3.47. The van der Waals surface area contributed by atoms with Crippen LogP contribution in [0.15, 0.2) is 40.3 Å².